The molecule has 0 unspecified atom stereocenters. The number of benzene rings is 2. The third-order valence-electron chi connectivity index (χ3n) is 3.87. The zero-order valence-electron chi connectivity index (χ0n) is 15.7. The maximum Gasteiger partial charge on any atom is 0.271 e. The second-order valence-electron chi connectivity index (χ2n) is 6.30. The maximum atomic E-state index is 12.7. The Labute approximate surface area is 172 Å². The molecule has 3 N–H and O–H groups in total. The minimum atomic E-state index is -3.71. The fourth-order valence-electron chi connectivity index (χ4n) is 2.60. The number of nitrogens with one attached hydrogen (secondary N) is 3. The molecule has 0 spiro atoms. The van der Waals surface area contributed by atoms with Gasteiger partial charge in [0.05, 0.1) is 11.4 Å². The fourth-order valence-corrected chi connectivity index (χ4v) is 4.64. The highest BCUT2D eigenvalue weighted by atomic mass is 32.2. The molecule has 1 heterocycles. The van der Waals surface area contributed by atoms with Crippen LogP contribution >= 0.6 is 11.3 Å². The van der Waals surface area contributed by atoms with Crippen LogP contribution in [0.2, 0.25) is 0 Å². The van der Waals surface area contributed by atoms with Gasteiger partial charge in [0.1, 0.15) is 4.21 Å². The topological polar surface area (TPSA) is 104 Å². The van der Waals surface area contributed by atoms with Gasteiger partial charge in [-0.15, -0.1) is 11.3 Å². The number of carbonyl (C=O) groups excluding carboxylic acids is 2. The lowest BCUT2D eigenvalue weighted by Crippen LogP contribution is -2.16. The molecule has 0 fully saturated rings. The monoisotopic (exact) mass is 429 g/mol. The minimum Gasteiger partial charge on any atom is -0.325 e. The molecule has 0 atom stereocenters. The van der Waals surface area contributed by atoms with Gasteiger partial charge in [0.25, 0.3) is 15.9 Å². The van der Waals surface area contributed by atoms with Gasteiger partial charge in [-0.3, -0.25) is 14.3 Å². The van der Waals surface area contributed by atoms with Crippen LogP contribution < -0.4 is 15.4 Å². The van der Waals surface area contributed by atoms with Crippen molar-refractivity contribution in [2.75, 3.05) is 15.4 Å². The summed E-state index contributed by atoms with van der Waals surface area (Å²) in [6.07, 6.45) is 0. The Morgan fingerprint density at radius 2 is 1.72 bits per heavy atom. The average molecular weight is 430 g/mol. The van der Waals surface area contributed by atoms with Crippen LogP contribution in [-0.2, 0) is 14.8 Å². The lowest BCUT2D eigenvalue weighted by Gasteiger charge is -2.13. The molecule has 3 aromatic rings. The number of thiophene rings is 1. The van der Waals surface area contributed by atoms with Crippen molar-refractivity contribution < 1.29 is 18.0 Å². The molecular weight excluding hydrogens is 410 g/mol. The van der Waals surface area contributed by atoms with Crippen molar-refractivity contribution in [3.63, 3.8) is 0 Å². The summed E-state index contributed by atoms with van der Waals surface area (Å²) in [4.78, 5) is 24.1. The summed E-state index contributed by atoms with van der Waals surface area (Å²) in [6, 6.07) is 14.6. The summed E-state index contributed by atoms with van der Waals surface area (Å²) < 4.78 is 27.4. The van der Waals surface area contributed by atoms with Crippen LogP contribution in [0.5, 0.6) is 0 Å². The Bertz CT molecular complexity index is 1160. The van der Waals surface area contributed by atoms with E-state index in [1.165, 1.54) is 19.1 Å². The summed E-state index contributed by atoms with van der Waals surface area (Å²) in [7, 11) is -3.71. The first-order chi connectivity index (χ1) is 13.7. The smallest absolute Gasteiger partial charge is 0.271 e. The predicted octanol–water partition coefficient (Wildman–Crippen LogP) is 4.07. The van der Waals surface area contributed by atoms with Gasteiger partial charge < -0.3 is 10.6 Å². The number of hydrogen-bond donors (Lipinski definition) is 3. The van der Waals surface area contributed by atoms with Crippen LogP contribution in [0.3, 0.4) is 0 Å². The van der Waals surface area contributed by atoms with Gasteiger partial charge in [-0.2, -0.15) is 0 Å². The summed E-state index contributed by atoms with van der Waals surface area (Å²) >= 11 is 1.10. The second kappa shape index (κ2) is 8.46. The van der Waals surface area contributed by atoms with E-state index in [-0.39, 0.29) is 21.4 Å². The molecule has 0 aliphatic rings. The van der Waals surface area contributed by atoms with Crippen LogP contribution in [0.4, 0.5) is 17.1 Å². The lowest BCUT2D eigenvalue weighted by atomic mass is 10.1. The van der Waals surface area contributed by atoms with E-state index < -0.39 is 15.9 Å². The Morgan fingerprint density at radius 3 is 2.41 bits per heavy atom. The molecule has 0 aliphatic heterocycles. The molecule has 2 aromatic carbocycles. The molecule has 3 rings (SSSR count). The Hall–Kier alpha value is -3.17. The van der Waals surface area contributed by atoms with E-state index in [1.54, 1.807) is 41.8 Å². The van der Waals surface area contributed by atoms with Crippen molar-refractivity contribution in [3.8, 4) is 0 Å². The van der Waals surface area contributed by atoms with Crippen molar-refractivity contribution in [1.82, 2.24) is 0 Å². The molecule has 0 saturated carbocycles. The number of sulfonamides is 1. The molecule has 7 nitrogen and oxygen atoms in total. The molecule has 0 bridgehead atoms. The van der Waals surface area contributed by atoms with Crippen LogP contribution in [0, 0.1) is 6.92 Å². The number of anilines is 3. The van der Waals surface area contributed by atoms with Crippen LogP contribution in [0.1, 0.15) is 22.8 Å². The highest BCUT2D eigenvalue weighted by Gasteiger charge is 2.16. The van der Waals surface area contributed by atoms with Gasteiger partial charge in [-0.05, 0) is 54.3 Å². The molecule has 9 heteroatoms. The van der Waals surface area contributed by atoms with E-state index in [0.29, 0.717) is 11.4 Å². The van der Waals surface area contributed by atoms with E-state index in [2.05, 4.69) is 15.4 Å². The second-order valence-corrected chi connectivity index (χ2v) is 9.16. The first-order valence-electron chi connectivity index (χ1n) is 8.60. The van der Waals surface area contributed by atoms with E-state index in [9.17, 15) is 18.0 Å². The maximum absolute atomic E-state index is 12.7. The highest BCUT2D eigenvalue weighted by molar-refractivity contribution is 7.94. The molecule has 0 saturated heterocycles. The third kappa shape index (κ3) is 5.21. The summed E-state index contributed by atoms with van der Waals surface area (Å²) in [5.41, 5.74) is 2.39. The molecule has 29 heavy (non-hydrogen) atoms. The molecule has 2 amide bonds. The minimum absolute atomic E-state index is 0.187. The first kappa shape index (κ1) is 20.6. The van der Waals surface area contributed by atoms with E-state index >= 15 is 0 Å². The normalized spacial score (nSPS) is 11.0. The van der Waals surface area contributed by atoms with Crippen molar-refractivity contribution in [3.05, 3.63) is 71.1 Å². The molecular formula is C20H19N3O4S2. The SMILES string of the molecule is CC(=O)Nc1ccc(C)cc1NC(=O)c1cccc(NS(=O)(=O)c2cccs2)c1. The average Bonchev–Trinajstić information content (AvgIpc) is 3.19. The third-order valence-corrected chi connectivity index (χ3v) is 6.65. The summed E-state index contributed by atoms with van der Waals surface area (Å²) in [5.74, 6) is -0.686. The number of hydrogen-bond acceptors (Lipinski definition) is 5. The van der Waals surface area contributed by atoms with Crippen molar-refractivity contribution in [2.45, 2.75) is 18.1 Å². The lowest BCUT2D eigenvalue weighted by molar-refractivity contribution is -0.114. The Morgan fingerprint density at radius 1 is 0.931 bits per heavy atom. The Kier molecular flexibility index (Phi) is 6.00. The predicted molar refractivity (Wildman–Crippen MR) is 115 cm³/mol. The fraction of sp³-hybridized carbons (Fsp3) is 0.100. The van der Waals surface area contributed by atoms with E-state index in [1.807, 2.05) is 13.0 Å². The van der Waals surface area contributed by atoms with Crippen molar-refractivity contribution >= 4 is 50.2 Å². The van der Waals surface area contributed by atoms with E-state index in [0.717, 1.165) is 16.9 Å². The van der Waals surface area contributed by atoms with Crippen LogP contribution in [0.25, 0.3) is 0 Å². The van der Waals surface area contributed by atoms with Gasteiger partial charge in [-0.25, -0.2) is 8.42 Å². The molecule has 0 radical (unpaired) electrons. The van der Waals surface area contributed by atoms with Gasteiger partial charge in [0.15, 0.2) is 0 Å². The van der Waals surface area contributed by atoms with Crippen molar-refractivity contribution in [2.24, 2.45) is 0 Å². The quantitative estimate of drug-likeness (QED) is 0.549. The standard InChI is InChI=1S/C20H19N3O4S2/c1-13-8-9-17(21-14(2)24)18(11-13)22-20(25)15-5-3-6-16(12-15)23-29(26,27)19-7-4-10-28-19/h3-12,23H,1-2H3,(H,21,24)(H,22,25). The van der Waals surface area contributed by atoms with Crippen LogP contribution in [0.15, 0.2) is 64.2 Å². The molecule has 1 aromatic heterocycles. The van der Waals surface area contributed by atoms with Gasteiger partial charge in [-0.1, -0.05) is 18.2 Å². The first-order valence-corrected chi connectivity index (χ1v) is 11.0. The summed E-state index contributed by atoms with van der Waals surface area (Å²) in [5, 5.41) is 7.11. The van der Waals surface area contributed by atoms with Gasteiger partial charge >= 0.3 is 0 Å². The molecule has 150 valence electrons. The van der Waals surface area contributed by atoms with E-state index in [4.69, 9.17) is 0 Å². The van der Waals surface area contributed by atoms with Gasteiger partial charge in [0.2, 0.25) is 5.91 Å². The summed E-state index contributed by atoms with van der Waals surface area (Å²) in [6.45, 7) is 3.25. The number of amides is 2. The van der Waals surface area contributed by atoms with Gasteiger partial charge in [0, 0.05) is 18.2 Å². The van der Waals surface area contributed by atoms with Crippen molar-refractivity contribution in [1.29, 1.82) is 0 Å². The molecule has 0 aliphatic carbocycles. The zero-order chi connectivity index (χ0) is 21.0. The number of aryl methyl sites for hydroxylation is 1. The highest BCUT2D eigenvalue weighted by Crippen LogP contribution is 2.25. The van der Waals surface area contributed by atoms with Crippen LogP contribution in [-0.4, -0.2) is 20.2 Å². The Balaban J connectivity index is 1.82. The number of rotatable bonds is 6. The largest absolute Gasteiger partial charge is 0.325 e. The number of carbonyl (C=O) groups is 2. The zero-order valence-corrected chi connectivity index (χ0v) is 17.4.